The second-order valence-corrected chi connectivity index (χ2v) is 5.33. The summed E-state index contributed by atoms with van der Waals surface area (Å²) in [6.45, 7) is 7.06. The average molecular weight is 263 g/mol. The second-order valence-electron chi connectivity index (χ2n) is 5.33. The van der Waals surface area contributed by atoms with Crippen LogP contribution in [0.4, 0.5) is 0 Å². The highest BCUT2D eigenvalue weighted by Gasteiger charge is 2.45. The summed E-state index contributed by atoms with van der Waals surface area (Å²) < 4.78 is 10.6. The lowest BCUT2D eigenvalue weighted by Crippen LogP contribution is -2.54. The van der Waals surface area contributed by atoms with E-state index >= 15 is 0 Å². The molecule has 0 bridgehead atoms. The second kappa shape index (κ2) is 4.94. The Kier molecular flexibility index (Phi) is 3.65. The van der Waals surface area contributed by atoms with Gasteiger partial charge in [0.15, 0.2) is 5.78 Å². The highest BCUT2D eigenvalue weighted by atomic mass is 16.5. The minimum Gasteiger partial charge on any atom is -0.496 e. The zero-order valence-electron chi connectivity index (χ0n) is 12.0. The molecular weight excluding hydrogens is 242 g/mol. The first kappa shape index (κ1) is 14.0. The molecule has 1 aromatic carbocycles. The van der Waals surface area contributed by atoms with Crippen molar-refractivity contribution in [1.82, 2.24) is 0 Å². The molecule has 1 aromatic rings. The maximum atomic E-state index is 12.7. The van der Waals surface area contributed by atoms with Gasteiger partial charge in [0.05, 0.1) is 25.7 Å². The van der Waals surface area contributed by atoms with Gasteiger partial charge in [0.2, 0.25) is 0 Å². The highest BCUT2D eigenvalue weighted by molar-refractivity contribution is 6.03. The number of rotatable bonds is 4. The molecule has 0 atom stereocenters. The molecule has 1 aliphatic heterocycles. The number of Topliss-reactive ketones (excluding diaryl/α,β-unsaturated/α-hetero) is 1. The lowest BCUT2D eigenvalue weighted by Gasteiger charge is -2.39. The zero-order chi connectivity index (χ0) is 14.2. The molecule has 0 amide bonds. The van der Waals surface area contributed by atoms with Gasteiger partial charge in [0.1, 0.15) is 5.75 Å². The standard InChI is InChI=1S/C15H21NO3/c1-9-5-12(10(2)11(3)13(9)18-4)14(17)15(6-16)7-19-8-15/h5H,6-8,16H2,1-4H3. The van der Waals surface area contributed by atoms with Crippen molar-refractivity contribution in [1.29, 1.82) is 0 Å². The summed E-state index contributed by atoms with van der Waals surface area (Å²) >= 11 is 0. The molecule has 2 N–H and O–H groups in total. The summed E-state index contributed by atoms with van der Waals surface area (Å²) in [4.78, 5) is 12.7. The van der Waals surface area contributed by atoms with Gasteiger partial charge >= 0.3 is 0 Å². The number of nitrogens with two attached hydrogens (primary N) is 1. The first-order chi connectivity index (χ1) is 8.96. The SMILES string of the molecule is COc1c(C)cc(C(=O)C2(CN)COC2)c(C)c1C. The summed E-state index contributed by atoms with van der Waals surface area (Å²) in [5.41, 5.74) is 8.93. The molecule has 1 fully saturated rings. The van der Waals surface area contributed by atoms with Crippen LogP contribution in [-0.2, 0) is 4.74 Å². The quantitative estimate of drug-likeness (QED) is 0.841. The van der Waals surface area contributed by atoms with E-state index in [9.17, 15) is 4.79 Å². The number of hydrogen-bond donors (Lipinski definition) is 1. The van der Waals surface area contributed by atoms with Gasteiger partial charge in [-0.3, -0.25) is 4.79 Å². The van der Waals surface area contributed by atoms with Gasteiger partial charge in [0.25, 0.3) is 0 Å². The van der Waals surface area contributed by atoms with Crippen molar-refractivity contribution < 1.29 is 14.3 Å². The van der Waals surface area contributed by atoms with Crippen LogP contribution in [0, 0.1) is 26.2 Å². The lowest BCUT2D eigenvalue weighted by molar-refractivity contribution is -0.0816. The zero-order valence-corrected chi connectivity index (χ0v) is 12.0. The minimum atomic E-state index is -0.530. The third kappa shape index (κ3) is 2.05. The summed E-state index contributed by atoms with van der Waals surface area (Å²) in [6.07, 6.45) is 0. The molecule has 0 spiro atoms. The number of benzene rings is 1. The summed E-state index contributed by atoms with van der Waals surface area (Å²) in [6, 6.07) is 1.90. The van der Waals surface area contributed by atoms with Crippen LogP contribution in [0.3, 0.4) is 0 Å². The van der Waals surface area contributed by atoms with E-state index in [4.69, 9.17) is 15.2 Å². The molecular formula is C15H21NO3. The molecule has 19 heavy (non-hydrogen) atoms. The number of ketones is 1. The Bertz CT molecular complexity index is 513. The van der Waals surface area contributed by atoms with Crippen molar-refractivity contribution >= 4 is 5.78 Å². The number of carbonyl (C=O) groups excluding carboxylic acids is 1. The number of carbonyl (C=O) groups is 1. The van der Waals surface area contributed by atoms with Crippen molar-refractivity contribution in [3.8, 4) is 5.75 Å². The van der Waals surface area contributed by atoms with Crippen LogP contribution in [0.15, 0.2) is 6.07 Å². The summed E-state index contributed by atoms with van der Waals surface area (Å²) in [7, 11) is 1.65. The molecule has 0 aromatic heterocycles. The maximum absolute atomic E-state index is 12.7. The molecule has 104 valence electrons. The monoisotopic (exact) mass is 263 g/mol. The van der Waals surface area contributed by atoms with Crippen LogP contribution in [0.1, 0.15) is 27.0 Å². The van der Waals surface area contributed by atoms with Gasteiger partial charge < -0.3 is 15.2 Å². The number of hydrogen-bond acceptors (Lipinski definition) is 4. The van der Waals surface area contributed by atoms with E-state index in [0.29, 0.717) is 19.8 Å². The number of methoxy groups -OCH3 is 1. The molecule has 0 radical (unpaired) electrons. The minimum absolute atomic E-state index is 0.0904. The Balaban J connectivity index is 2.49. The van der Waals surface area contributed by atoms with Crippen molar-refractivity contribution in [3.63, 3.8) is 0 Å². The van der Waals surface area contributed by atoms with E-state index in [1.807, 2.05) is 26.8 Å². The molecule has 2 rings (SSSR count). The van der Waals surface area contributed by atoms with E-state index < -0.39 is 5.41 Å². The van der Waals surface area contributed by atoms with Crippen molar-refractivity contribution in [2.24, 2.45) is 11.1 Å². The fourth-order valence-corrected chi connectivity index (χ4v) is 2.58. The van der Waals surface area contributed by atoms with Gasteiger partial charge in [-0.2, -0.15) is 0 Å². The van der Waals surface area contributed by atoms with E-state index in [2.05, 4.69) is 0 Å². The predicted octanol–water partition coefficient (Wildman–Crippen LogP) is 1.78. The Morgan fingerprint density at radius 2 is 2.00 bits per heavy atom. The summed E-state index contributed by atoms with van der Waals surface area (Å²) in [5, 5.41) is 0. The molecule has 4 nitrogen and oxygen atoms in total. The van der Waals surface area contributed by atoms with Gasteiger partial charge in [-0.15, -0.1) is 0 Å². The fourth-order valence-electron chi connectivity index (χ4n) is 2.58. The first-order valence-electron chi connectivity index (χ1n) is 6.44. The van der Waals surface area contributed by atoms with Crippen LogP contribution >= 0.6 is 0 Å². The highest BCUT2D eigenvalue weighted by Crippen LogP contribution is 2.35. The third-order valence-electron chi connectivity index (χ3n) is 4.10. The van der Waals surface area contributed by atoms with E-state index in [-0.39, 0.29) is 5.78 Å². The van der Waals surface area contributed by atoms with Crippen LogP contribution in [-0.4, -0.2) is 32.7 Å². The van der Waals surface area contributed by atoms with Crippen LogP contribution < -0.4 is 10.5 Å². The Morgan fingerprint density at radius 3 is 2.42 bits per heavy atom. The van der Waals surface area contributed by atoms with Gasteiger partial charge in [-0.25, -0.2) is 0 Å². The molecule has 1 heterocycles. The van der Waals surface area contributed by atoms with E-state index in [1.54, 1.807) is 7.11 Å². The van der Waals surface area contributed by atoms with E-state index in [1.165, 1.54) is 0 Å². The van der Waals surface area contributed by atoms with Crippen LogP contribution in [0.25, 0.3) is 0 Å². The summed E-state index contributed by atoms with van der Waals surface area (Å²) in [5.74, 6) is 0.938. The average Bonchev–Trinajstić information content (AvgIpc) is 2.33. The number of aryl methyl sites for hydroxylation is 1. The Morgan fingerprint density at radius 1 is 1.37 bits per heavy atom. The smallest absolute Gasteiger partial charge is 0.175 e. The van der Waals surface area contributed by atoms with Crippen molar-refractivity contribution in [2.75, 3.05) is 26.9 Å². The Labute approximate surface area is 113 Å². The third-order valence-corrected chi connectivity index (χ3v) is 4.10. The van der Waals surface area contributed by atoms with E-state index in [0.717, 1.165) is 28.0 Å². The van der Waals surface area contributed by atoms with Gasteiger partial charge in [-0.05, 0) is 43.5 Å². The molecule has 0 aliphatic carbocycles. The van der Waals surface area contributed by atoms with Crippen molar-refractivity contribution in [2.45, 2.75) is 20.8 Å². The molecule has 1 saturated heterocycles. The number of ether oxygens (including phenoxy) is 2. The Hall–Kier alpha value is -1.39. The maximum Gasteiger partial charge on any atom is 0.175 e. The van der Waals surface area contributed by atoms with Crippen LogP contribution in [0.2, 0.25) is 0 Å². The van der Waals surface area contributed by atoms with Gasteiger partial charge in [0, 0.05) is 12.1 Å². The largest absolute Gasteiger partial charge is 0.496 e. The molecule has 4 heteroatoms. The normalized spacial score (nSPS) is 16.9. The topological polar surface area (TPSA) is 61.5 Å². The molecule has 0 unspecified atom stereocenters. The van der Waals surface area contributed by atoms with Gasteiger partial charge in [-0.1, -0.05) is 0 Å². The predicted molar refractivity (Wildman–Crippen MR) is 73.8 cm³/mol. The van der Waals surface area contributed by atoms with Crippen molar-refractivity contribution in [3.05, 3.63) is 28.3 Å². The first-order valence-corrected chi connectivity index (χ1v) is 6.44. The molecule has 1 aliphatic rings. The lowest BCUT2D eigenvalue weighted by atomic mass is 9.76. The molecule has 0 saturated carbocycles. The fraction of sp³-hybridized carbons (Fsp3) is 0.533. The van der Waals surface area contributed by atoms with Crippen LogP contribution in [0.5, 0.6) is 5.75 Å².